The highest BCUT2D eigenvalue weighted by molar-refractivity contribution is 5.59. The van der Waals surface area contributed by atoms with Crippen LogP contribution < -0.4 is 5.32 Å². The van der Waals surface area contributed by atoms with Crippen LogP contribution in [0.3, 0.4) is 0 Å². The van der Waals surface area contributed by atoms with Crippen LogP contribution in [0.25, 0.3) is 0 Å². The highest BCUT2D eigenvalue weighted by atomic mass is 16.6. The second kappa shape index (κ2) is 8.52. The quantitative estimate of drug-likeness (QED) is 0.391. The first-order valence-corrected chi connectivity index (χ1v) is 7.18. The van der Waals surface area contributed by atoms with Crippen LogP contribution in [0.5, 0.6) is 0 Å². The number of nitrogens with one attached hydrogen (secondary N) is 1. The molecule has 114 valence electrons. The summed E-state index contributed by atoms with van der Waals surface area (Å²) in [5.74, 6) is 0.511. The van der Waals surface area contributed by atoms with E-state index in [1.807, 2.05) is 6.92 Å². The largest absolute Gasteiger partial charge is 0.396 e. The third-order valence-electron chi connectivity index (χ3n) is 3.09. The SMILES string of the molecule is CCCn1nc(C)c([N+](=O)[O-])c1NCCCCCCO. The minimum atomic E-state index is -0.372. The van der Waals surface area contributed by atoms with E-state index < -0.39 is 0 Å². The van der Waals surface area contributed by atoms with Crippen molar-refractivity contribution < 1.29 is 10.0 Å². The van der Waals surface area contributed by atoms with Crippen molar-refractivity contribution >= 4 is 11.5 Å². The molecule has 0 fully saturated rings. The molecule has 0 spiro atoms. The van der Waals surface area contributed by atoms with Gasteiger partial charge >= 0.3 is 5.69 Å². The minimum absolute atomic E-state index is 0.0776. The first-order chi connectivity index (χ1) is 9.61. The molecule has 0 unspecified atom stereocenters. The van der Waals surface area contributed by atoms with E-state index in [-0.39, 0.29) is 17.2 Å². The van der Waals surface area contributed by atoms with Gasteiger partial charge in [0, 0.05) is 19.7 Å². The molecule has 2 N–H and O–H groups in total. The van der Waals surface area contributed by atoms with Crippen LogP contribution in [0.15, 0.2) is 0 Å². The van der Waals surface area contributed by atoms with Gasteiger partial charge in [-0.05, 0) is 26.2 Å². The molecule has 1 aromatic heterocycles. The van der Waals surface area contributed by atoms with Gasteiger partial charge in [0.05, 0.1) is 4.92 Å². The van der Waals surface area contributed by atoms with Crippen molar-refractivity contribution in [3.8, 4) is 0 Å². The molecule has 0 saturated carbocycles. The van der Waals surface area contributed by atoms with E-state index in [4.69, 9.17) is 5.11 Å². The topological polar surface area (TPSA) is 93.2 Å². The van der Waals surface area contributed by atoms with Gasteiger partial charge in [-0.1, -0.05) is 19.8 Å². The van der Waals surface area contributed by atoms with E-state index in [1.165, 1.54) is 0 Å². The zero-order valence-electron chi connectivity index (χ0n) is 12.3. The van der Waals surface area contributed by atoms with E-state index in [9.17, 15) is 10.1 Å². The summed E-state index contributed by atoms with van der Waals surface area (Å²) >= 11 is 0. The molecule has 7 heteroatoms. The lowest BCUT2D eigenvalue weighted by atomic mass is 10.2. The summed E-state index contributed by atoms with van der Waals surface area (Å²) in [6.07, 6.45) is 4.60. The van der Waals surface area contributed by atoms with Gasteiger partial charge < -0.3 is 10.4 Å². The first kappa shape index (κ1) is 16.4. The second-order valence-electron chi connectivity index (χ2n) is 4.83. The van der Waals surface area contributed by atoms with Gasteiger partial charge in [-0.2, -0.15) is 5.10 Å². The number of unbranched alkanes of at least 4 members (excludes halogenated alkanes) is 3. The summed E-state index contributed by atoms with van der Waals surface area (Å²) in [5.41, 5.74) is 0.528. The van der Waals surface area contributed by atoms with Crippen LogP contribution in [0, 0.1) is 17.0 Å². The molecule has 20 heavy (non-hydrogen) atoms. The fourth-order valence-electron chi connectivity index (χ4n) is 2.14. The van der Waals surface area contributed by atoms with E-state index in [1.54, 1.807) is 11.6 Å². The zero-order chi connectivity index (χ0) is 15.0. The highest BCUT2D eigenvalue weighted by Crippen LogP contribution is 2.28. The van der Waals surface area contributed by atoms with Gasteiger partial charge in [-0.25, -0.2) is 4.68 Å². The van der Waals surface area contributed by atoms with Gasteiger partial charge in [0.25, 0.3) is 0 Å². The molecule has 0 aromatic carbocycles. The highest BCUT2D eigenvalue weighted by Gasteiger charge is 2.24. The number of hydrogen-bond donors (Lipinski definition) is 2. The van der Waals surface area contributed by atoms with Crippen molar-refractivity contribution in [3.05, 3.63) is 15.8 Å². The third kappa shape index (κ3) is 4.48. The number of nitro groups is 1. The van der Waals surface area contributed by atoms with Crippen molar-refractivity contribution in [2.24, 2.45) is 0 Å². The van der Waals surface area contributed by atoms with Gasteiger partial charge in [-0.3, -0.25) is 10.1 Å². The number of aryl methyl sites for hydroxylation is 2. The molecule has 0 radical (unpaired) electrons. The number of aliphatic hydroxyl groups excluding tert-OH is 1. The molecule has 1 heterocycles. The molecule has 0 bridgehead atoms. The third-order valence-corrected chi connectivity index (χ3v) is 3.09. The Kier molecular flexibility index (Phi) is 7.00. The van der Waals surface area contributed by atoms with Crippen molar-refractivity contribution in [3.63, 3.8) is 0 Å². The van der Waals surface area contributed by atoms with Gasteiger partial charge in [0.15, 0.2) is 0 Å². The van der Waals surface area contributed by atoms with Gasteiger partial charge in [0.1, 0.15) is 5.69 Å². The number of aromatic nitrogens is 2. The normalized spacial score (nSPS) is 10.8. The number of aliphatic hydroxyl groups is 1. The van der Waals surface area contributed by atoms with Crippen LogP contribution in [0.2, 0.25) is 0 Å². The zero-order valence-corrected chi connectivity index (χ0v) is 12.3. The molecule has 0 aliphatic carbocycles. The van der Waals surface area contributed by atoms with Gasteiger partial charge in [-0.15, -0.1) is 0 Å². The van der Waals surface area contributed by atoms with E-state index >= 15 is 0 Å². The lowest BCUT2D eigenvalue weighted by Crippen LogP contribution is -2.10. The summed E-state index contributed by atoms with van der Waals surface area (Å²) in [6.45, 7) is 5.25. The number of hydrogen-bond acceptors (Lipinski definition) is 5. The van der Waals surface area contributed by atoms with Crippen LogP contribution >= 0.6 is 0 Å². The molecule has 1 aromatic rings. The Morgan fingerprint density at radius 3 is 2.65 bits per heavy atom. The molecular formula is C13H24N4O3. The van der Waals surface area contributed by atoms with Crippen LogP contribution in [-0.2, 0) is 6.54 Å². The van der Waals surface area contributed by atoms with Crippen LogP contribution in [0.4, 0.5) is 11.5 Å². The Labute approximate surface area is 119 Å². The maximum Gasteiger partial charge on any atom is 0.333 e. The van der Waals surface area contributed by atoms with Gasteiger partial charge in [0.2, 0.25) is 5.82 Å². The Morgan fingerprint density at radius 2 is 2.05 bits per heavy atom. The van der Waals surface area contributed by atoms with Crippen molar-refractivity contribution in [1.29, 1.82) is 0 Å². The average Bonchev–Trinajstić information content (AvgIpc) is 2.70. The Hall–Kier alpha value is -1.63. The summed E-state index contributed by atoms with van der Waals surface area (Å²) in [4.78, 5) is 10.7. The first-order valence-electron chi connectivity index (χ1n) is 7.18. The maximum atomic E-state index is 11.1. The standard InChI is InChI=1S/C13H24N4O3/c1-3-9-16-13(12(17(19)20)11(2)15-16)14-8-6-4-5-7-10-18/h14,18H,3-10H2,1-2H3. The molecule has 0 amide bonds. The predicted octanol–water partition coefficient (Wildman–Crippen LogP) is 2.47. The van der Waals surface area contributed by atoms with E-state index in [0.29, 0.717) is 24.6 Å². The molecule has 1 rings (SSSR count). The smallest absolute Gasteiger partial charge is 0.333 e. The summed E-state index contributed by atoms with van der Waals surface area (Å²) in [7, 11) is 0. The van der Waals surface area contributed by atoms with Crippen molar-refractivity contribution in [2.75, 3.05) is 18.5 Å². The Balaban J connectivity index is 2.63. The minimum Gasteiger partial charge on any atom is -0.396 e. The maximum absolute atomic E-state index is 11.1. The monoisotopic (exact) mass is 284 g/mol. The average molecular weight is 284 g/mol. The number of nitrogens with zero attached hydrogens (tertiary/aromatic N) is 3. The fraction of sp³-hybridized carbons (Fsp3) is 0.769. The Bertz CT molecular complexity index is 431. The van der Waals surface area contributed by atoms with Crippen LogP contribution in [-0.4, -0.2) is 33.0 Å². The number of anilines is 1. The molecule has 0 aliphatic heterocycles. The summed E-state index contributed by atoms with van der Waals surface area (Å²) in [5, 5.41) is 27.2. The lowest BCUT2D eigenvalue weighted by Gasteiger charge is -2.08. The molecular weight excluding hydrogens is 260 g/mol. The van der Waals surface area contributed by atoms with Crippen LogP contribution in [0.1, 0.15) is 44.7 Å². The second-order valence-corrected chi connectivity index (χ2v) is 4.83. The molecule has 7 nitrogen and oxygen atoms in total. The number of rotatable bonds is 10. The summed E-state index contributed by atoms with van der Waals surface area (Å²) < 4.78 is 1.68. The van der Waals surface area contributed by atoms with E-state index in [2.05, 4.69) is 10.4 Å². The predicted molar refractivity (Wildman–Crippen MR) is 78.0 cm³/mol. The van der Waals surface area contributed by atoms with Crippen molar-refractivity contribution in [1.82, 2.24) is 9.78 Å². The molecule has 0 aliphatic rings. The Morgan fingerprint density at radius 1 is 1.35 bits per heavy atom. The molecule has 0 saturated heterocycles. The fourth-order valence-corrected chi connectivity index (χ4v) is 2.14. The lowest BCUT2D eigenvalue weighted by molar-refractivity contribution is -0.384. The van der Waals surface area contributed by atoms with E-state index in [0.717, 1.165) is 32.1 Å². The summed E-state index contributed by atoms with van der Waals surface area (Å²) in [6, 6.07) is 0. The molecule has 0 atom stereocenters. The van der Waals surface area contributed by atoms with Crippen molar-refractivity contribution in [2.45, 2.75) is 52.5 Å².